The van der Waals surface area contributed by atoms with Gasteiger partial charge >= 0.3 is 0 Å². The maximum atomic E-state index is 12.1. The molecule has 1 aromatic carbocycles. The Balaban J connectivity index is 0.00000132. The van der Waals surface area contributed by atoms with Gasteiger partial charge in [0.15, 0.2) is 0 Å². The molecule has 1 aliphatic rings. The van der Waals surface area contributed by atoms with E-state index >= 15 is 0 Å². The van der Waals surface area contributed by atoms with Crippen molar-refractivity contribution in [2.75, 3.05) is 13.1 Å². The second-order valence-corrected chi connectivity index (χ2v) is 6.53. The molecule has 0 spiro atoms. The van der Waals surface area contributed by atoms with Crippen molar-refractivity contribution in [3.63, 3.8) is 0 Å². The molecule has 4 nitrogen and oxygen atoms in total. The highest BCUT2D eigenvalue weighted by Gasteiger charge is 2.19. The lowest BCUT2D eigenvalue weighted by Gasteiger charge is -2.09. The number of carbonyl (C=O) groups is 1. The molecule has 1 atom stereocenters. The summed E-state index contributed by atoms with van der Waals surface area (Å²) in [6, 6.07) is 5.42. The molecule has 1 aromatic heterocycles. The average Bonchev–Trinajstić information content (AvgIpc) is 3.09. The Morgan fingerprint density at radius 2 is 2.13 bits per heavy atom. The smallest absolute Gasteiger partial charge is 0.271 e. The fourth-order valence-electron chi connectivity index (χ4n) is 2.20. The second-order valence-electron chi connectivity index (χ2n) is 4.83. The minimum atomic E-state index is -0.142. The minimum Gasteiger partial charge on any atom is -0.347 e. The Morgan fingerprint density at radius 1 is 1.35 bits per heavy atom. The predicted molar refractivity (Wildman–Crippen MR) is 101 cm³/mol. The third-order valence-corrected chi connectivity index (χ3v) is 4.72. The van der Waals surface area contributed by atoms with Gasteiger partial charge in [0.05, 0.1) is 5.02 Å². The molecular weight excluding hydrogens is 400 g/mol. The van der Waals surface area contributed by atoms with Gasteiger partial charge in [-0.3, -0.25) is 4.79 Å². The van der Waals surface area contributed by atoms with Gasteiger partial charge in [-0.05, 0) is 31.2 Å². The third kappa shape index (κ3) is 4.95. The third-order valence-electron chi connectivity index (χ3n) is 3.29. The molecule has 1 unspecified atom stereocenters. The minimum absolute atomic E-state index is 0. The maximum absolute atomic E-state index is 12.1. The molecule has 23 heavy (non-hydrogen) atoms. The van der Waals surface area contributed by atoms with Crippen LogP contribution in [0.25, 0.3) is 10.6 Å². The summed E-state index contributed by atoms with van der Waals surface area (Å²) in [5, 5.41) is 9.75. The standard InChI is InChI=1S/C14H13Cl2N3OS.2ClH/c15-8-1-2-10(11(16)5-8)14-19-12(7-21-14)13(20)18-9-3-4-17-6-9;;/h1-2,5,7,9,17H,3-4,6H2,(H,18,20);2*1H. The Morgan fingerprint density at radius 3 is 2.78 bits per heavy atom. The van der Waals surface area contributed by atoms with E-state index < -0.39 is 0 Å². The summed E-state index contributed by atoms with van der Waals surface area (Å²) in [6.45, 7) is 1.75. The first-order chi connectivity index (χ1) is 10.1. The lowest BCUT2D eigenvalue weighted by atomic mass is 10.2. The van der Waals surface area contributed by atoms with Crippen LogP contribution >= 0.6 is 59.4 Å². The van der Waals surface area contributed by atoms with Crippen molar-refractivity contribution >= 4 is 65.3 Å². The number of amides is 1. The van der Waals surface area contributed by atoms with Crippen molar-refractivity contribution in [3.8, 4) is 10.6 Å². The van der Waals surface area contributed by atoms with Gasteiger partial charge in [0, 0.05) is 28.6 Å². The highest BCUT2D eigenvalue weighted by Crippen LogP contribution is 2.32. The number of nitrogens with one attached hydrogen (secondary N) is 2. The zero-order chi connectivity index (χ0) is 14.8. The Labute approximate surface area is 160 Å². The van der Waals surface area contributed by atoms with E-state index in [-0.39, 0.29) is 36.8 Å². The van der Waals surface area contributed by atoms with Crippen molar-refractivity contribution in [1.29, 1.82) is 0 Å². The molecule has 126 valence electrons. The Bertz CT molecular complexity index is 674. The first kappa shape index (κ1) is 20.5. The van der Waals surface area contributed by atoms with E-state index in [4.69, 9.17) is 23.2 Å². The SMILES string of the molecule is Cl.Cl.O=C(NC1CCNC1)c1csc(-c2ccc(Cl)cc2Cl)n1. The molecule has 2 heterocycles. The molecule has 3 rings (SSSR count). The largest absolute Gasteiger partial charge is 0.347 e. The van der Waals surface area contributed by atoms with E-state index in [1.165, 1.54) is 11.3 Å². The molecule has 2 N–H and O–H groups in total. The van der Waals surface area contributed by atoms with Crippen LogP contribution in [0.3, 0.4) is 0 Å². The fourth-order valence-corrected chi connectivity index (χ4v) is 3.59. The summed E-state index contributed by atoms with van der Waals surface area (Å²) in [7, 11) is 0. The monoisotopic (exact) mass is 413 g/mol. The number of thiazole rings is 1. The molecule has 0 aliphatic carbocycles. The van der Waals surface area contributed by atoms with Crippen LogP contribution in [0, 0.1) is 0 Å². The number of carbonyl (C=O) groups excluding carboxylic acids is 1. The molecular formula is C14H15Cl4N3OS. The second kappa shape index (κ2) is 9.06. The number of hydrogen-bond donors (Lipinski definition) is 2. The first-order valence-electron chi connectivity index (χ1n) is 6.56. The Kier molecular flexibility index (Phi) is 8.07. The van der Waals surface area contributed by atoms with Gasteiger partial charge in [-0.1, -0.05) is 23.2 Å². The lowest BCUT2D eigenvalue weighted by molar-refractivity contribution is 0.0936. The van der Waals surface area contributed by atoms with Crippen molar-refractivity contribution in [2.24, 2.45) is 0 Å². The topological polar surface area (TPSA) is 54.0 Å². The maximum Gasteiger partial charge on any atom is 0.271 e. The highest BCUT2D eigenvalue weighted by molar-refractivity contribution is 7.13. The molecule has 1 amide bonds. The zero-order valence-electron chi connectivity index (χ0n) is 11.8. The number of benzene rings is 1. The van der Waals surface area contributed by atoms with E-state index in [1.54, 1.807) is 17.5 Å². The first-order valence-corrected chi connectivity index (χ1v) is 8.19. The Hall–Kier alpha value is -0.560. The van der Waals surface area contributed by atoms with E-state index in [2.05, 4.69) is 15.6 Å². The quantitative estimate of drug-likeness (QED) is 0.796. The average molecular weight is 415 g/mol. The summed E-state index contributed by atoms with van der Waals surface area (Å²) in [5.74, 6) is -0.142. The molecule has 1 saturated heterocycles. The normalized spacial score (nSPS) is 16.3. The molecule has 9 heteroatoms. The van der Waals surface area contributed by atoms with Gasteiger partial charge in [-0.15, -0.1) is 36.2 Å². The summed E-state index contributed by atoms with van der Waals surface area (Å²) >= 11 is 13.4. The molecule has 0 radical (unpaired) electrons. The number of halogens is 4. The summed E-state index contributed by atoms with van der Waals surface area (Å²) in [6.07, 6.45) is 0.950. The van der Waals surface area contributed by atoms with Crippen molar-refractivity contribution < 1.29 is 4.79 Å². The van der Waals surface area contributed by atoms with Gasteiger partial charge in [0.1, 0.15) is 10.7 Å². The number of aromatic nitrogens is 1. The number of nitrogens with zero attached hydrogens (tertiary/aromatic N) is 1. The van der Waals surface area contributed by atoms with Gasteiger partial charge in [0.2, 0.25) is 0 Å². The lowest BCUT2D eigenvalue weighted by Crippen LogP contribution is -2.36. The summed E-state index contributed by atoms with van der Waals surface area (Å²) in [5.41, 5.74) is 1.21. The molecule has 0 bridgehead atoms. The predicted octanol–water partition coefficient (Wildman–Crippen LogP) is 4.05. The van der Waals surface area contributed by atoms with Crippen LogP contribution in [0.5, 0.6) is 0 Å². The molecule has 1 fully saturated rings. The van der Waals surface area contributed by atoms with Crippen LogP contribution in [0.1, 0.15) is 16.9 Å². The van der Waals surface area contributed by atoms with Gasteiger partial charge < -0.3 is 10.6 Å². The summed E-state index contributed by atoms with van der Waals surface area (Å²) < 4.78 is 0. The van der Waals surface area contributed by atoms with Crippen molar-refractivity contribution in [3.05, 3.63) is 39.3 Å². The molecule has 2 aromatic rings. The van der Waals surface area contributed by atoms with Gasteiger partial charge in [0.25, 0.3) is 5.91 Å². The van der Waals surface area contributed by atoms with Crippen LogP contribution in [-0.4, -0.2) is 30.0 Å². The van der Waals surface area contributed by atoms with Crippen LogP contribution in [0.2, 0.25) is 10.0 Å². The summed E-state index contributed by atoms with van der Waals surface area (Å²) in [4.78, 5) is 16.5. The molecule has 1 aliphatic heterocycles. The van der Waals surface area contributed by atoms with Crippen molar-refractivity contribution in [2.45, 2.75) is 12.5 Å². The van der Waals surface area contributed by atoms with E-state index in [1.807, 2.05) is 6.07 Å². The zero-order valence-corrected chi connectivity index (χ0v) is 15.8. The van der Waals surface area contributed by atoms with E-state index in [0.717, 1.165) is 25.1 Å². The fraction of sp³-hybridized carbons (Fsp3) is 0.286. The molecule has 0 saturated carbocycles. The highest BCUT2D eigenvalue weighted by atomic mass is 35.5. The van der Waals surface area contributed by atoms with Crippen LogP contribution in [0.4, 0.5) is 0 Å². The van der Waals surface area contributed by atoms with Crippen molar-refractivity contribution in [1.82, 2.24) is 15.6 Å². The van der Waals surface area contributed by atoms with Crippen LogP contribution < -0.4 is 10.6 Å². The van der Waals surface area contributed by atoms with Gasteiger partial charge in [-0.25, -0.2) is 4.98 Å². The number of rotatable bonds is 3. The van der Waals surface area contributed by atoms with Crippen LogP contribution in [-0.2, 0) is 0 Å². The number of hydrogen-bond acceptors (Lipinski definition) is 4. The van der Waals surface area contributed by atoms with E-state index in [9.17, 15) is 4.79 Å². The van der Waals surface area contributed by atoms with Crippen LogP contribution in [0.15, 0.2) is 23.6 Å². The van der Waals surface area contributed by atoms with E-state index in [0.29, 0.717) is 20.7 Å². The van der Waals surface area contributed by atoms with Gasteiger partial charge in [-0.2, -0.15) is 0 Å².